The molecule has 0 aliphatic rings. The van der Waals surface area contributed by atoms with Gasteiger partial charge >= 0.3 is 12.1 Å². The summed E-state index contributed by atoms with van der Waals surface area (Å²) in [6.45, 7) is 8.62. The molecule has 0 bridgehead atoms. The van der Waals surface area contributed by atoms with Crippen molar-refractivity contribution >= 4 is 23.0 Å². The Bertz CT molecular complexity index is 1530. The molecule has 0 amide bonds. The van der Waals surface area contributed by atoms with Crippen molar-refractivity contribution in [2.24, 2.45) is 5.41 Å². The number of esters is 1. The number of anilines is 1. The lowest BCUT2D eigenvalue weighted by Crippen LogP contribution is -2.40. The average Bonchev–Trinajstić information content (AvgIpc) is 3.38. The van der Waals surface area contributed by atoms with Crippen LogP contribution in [0.1, 0.15) is 50.1 Å². The van der Waals surface area contributed by atoms with Crippen LogP contribution >= 0.6 is 0 Å². The number of benzene rings is 2. The number of oxazole rings is 1. The van der Waals surface area contributed by atoms with Crippen molar-refractivity contribution in [3.8, 4) is 0 Å². The Morgan fingerprint density at radius 1 is 1.13 bits per heavy atom. The fourth-order valence-electron chi connectivity index (χ4n) is 4.01. The molecular formula is C27H30F3N5O3. The number of H-pyrrole nitrogens is 1. The van der Waals surface area contributed by atoms with Crippen LogP contribution in [0.2, 0.25) is 0 Å². The van der Waals surface area contributed by atoms with Gasteiger partial charge in [-0.05, 0) is 63.9 Å². The molecule has 0 saturated carbocycles. The van der Waals surface area contributed by atoms with E-state index in [1.165, 1.54) is 6.07 Å². The summed E-state index contributed by atoms with van der Waals surface area (Å²) in [6.07, 6.45) is -2.81. The molecule has 11 heteroatoms. The lowest BCUT2D eigenvalue weighted by atomic mass is 9.91. The fourth-order valence-corrected chi connectivity index (χ4v) is 4.01. The molecule has 1 atom stereocenters. The zero-order valence-corrected chi connectivity index (χ0v) is 21.8. The summed E-state index contributed by atoms with van der Waals surface area (Å²) < 4.78 is 53.0. The predicted octanol–water partition coefficient (Wildman–Crippen LogP) is 5.73. The van der Waals surface area contributed by atoms with Crippen LogP contribution in [0.4, 0.5) is 19.1 Å². The third-order valence-electron chi connectivity index (χ3n) is 6.12. The maximum atomic E-state index is 13.5. The number of hydrogen-bond donors (Lipinski definition) is 3. The van der Waals surface area contributed by atoms with Crippen LogP contribution in [-0.4, -0.2) is 27.1 Å². The summed E-state index contributed by atoms with van der Waals surface area (Å²) >= 11 is 0. The predicted molar refractivity (Wildman–Crippen MR) is 135 cm³/mol. The van der Waals surface area contributed by atoms with Crippen molar-refractivity contribution < 1.29 is 27.1 Å². The molecule has 0 radical (unpaired) electrons. The smallest absolute Gasteiger partial charge is 0.416 e. The maximum absolute atomic E-state index is 13.5. The zero-order valence-electron chi connectivity index (χ0n) is 21.8. The molecule has 4 rings (SSSR count). The van der Waals surface area contributed by atoms with Crippen LogP contribution in [0.3, 0.4) is 0 Å². The third kappa shape index (κ3) is 5.76. The molecule has 202 valence electrons. The molecule has 0 fully saturated rings. The molecule has 0 aliphatic carbocycles. The van der Waals surface area contributed by atoms with Crippen LogP contribution in [-0.2, 0) is 27.8 Å². The number of alkyl halides is 3. The Hall–Kier alpha value is -4.02. The number of halogens is 3. The Kier molecular flexibility index (Phi) is 6.90. The third-order valence-corrected chi connectivity index (χ3v) is 6.12. The number of nitrogens with one attached hydrogen (secondary N) is 3. The van der Waals surface area contributed by atoms with E-state index in [1.807, 2.05) is 18.2 Å². The van der Waals surface area contributed by atoms with Crippen molar-refractivity contribution in [1.82, 2.24) is 14.5 Å². The van der Waals surface area contributed by atoms with Crippen LogP contribution in [0.25, 0.3) is 11.0 Å². The van der Waals surface area contributed by atoms with Gasteiger partial charge in [-0.25, -0.2) is 4.98 Å². The minimum Gasteiger partial charge on any atom is -0.462 e. The standard InChI is InChI=1S/C27H30F3N5O3/c1-16-13-35(23(31)38-16)14-17-8-6-11-20-21(17)33-24(32-20)34-26(5,15-37-22(36)25(2,3)4)18-9-7-10-19(12-18)27(28,29)30/h6-13,31H,14-15H2,1-5H3,(H2,32,33,34). The van der Waals surface area contributed by atoms with Gasteiger partial charge in [0.2, 0.25) is 5.95 Å². The molecule has 0 spiro atoms. The minimum atomic E-state index is -4.53. The molecule has 4 aromatic rings. The van der Waals surface area contributed by atoms with E-state index in [2.05, 4.69) is 15.3 Å². The number of nitrogens with zero attached hydrogens (tertiary/aromatic N) is 2. The Labute approximate surface area is 217 Å². The van der Waals surface area contributed by atoms with Crippen LogP contribution in [0.5, 0.6) is 0 Å². The molecule has 38 heavy (non-hydrogen) atoms. The van der Waals surface area contributed by atoms with E-state index in [0.29, 0.717) is 29.3 Å². The van der Waals surface area contributed by atoms with Gasteiger partial charge in [0.25, 0.3) is 5.68 Å². The monoisotopic (exact) mass is 529 g/mol. The Balaban J connectivity index is 1.71. The van der Waals surface area contributed by atoms with Gasteiger partial charge in [0.15, 0.2) is 0 Å². The highest BCUT2D eigenvalue weighted by Gasteiger charge is 2.36. The molecule has 0 aliphatic heterocycles. The van der Waals surface area contributed by atoms with Gasteiger partial charge in [-0.3, -0.25) is 14.8 Å². The van der Waals surface area contributed by atoms with Gasteiger partial charge in [-0.15, -0.1) is 0 Å². The van der Waals surface area contributed by atoms with Crippen LogP contribution < -0.4 is 11.0 Å². The number of carbonyl (C=O) groups excluding carboxylic acids is 1. The van der Waals surface area contributed by atoms with Crippen molar-refractivity contribution in [3.63, 3.8) is 0 Å². The lowest BCUT2D eigenvalue weighted by Gasteiger charge is -2.32. The first kappa shape index (κ1) is 27.0. The van der Waals surface area contributed by atoms with Gasteiger partial charge in [0.1, 0.15) is 12.4 Å². The molecule has 2 aromatic heterocycles. The van der Waals surface area contributed by atoms with Crippen molar-refractivity contribution in [3.05, 3.63) is 76.8 Å². The fraction of sp³-hybridized carbons (Fsp3) is 0.370. The van der Waals surface area contributed by atoms with E-state index in [4.69, 9.17) is 14.6 Å². The van der Waals surface area contributed by atoms with Crippen LogP contribution in [0, 0.1) is 17.7 Å². The highest BCUT2D eigenvalue weighted by Crippen LogP contribution is 2.34. The largest absolute Gasteiger partial charge is 0.462 e. The lowest BCUT2D eigenvalue weighted by molar-refractivity contribution is -0.154. The van der Waals surface area contributed by atoms with Crippen LogP contribution in [0.15, 0.2) is 53.1 Å². The van der Waals surface area contributed by atoms with Gasteiger partial charge in [-0.1, -0.05) is 24.3 Å². The van der Waals surface area contributed by atoms with Crippen molar-refractivity contribution in [2.75, 3.05) is 11.9 Å². The summed E-state index contributed by atoms with van der Waals surface area (Å²) in [5.41, 5.74) is -0.441. The second-order valence-electron chi connectivity index (χ2n) is 10.5. The van der Waals surface area contributed by atoms with E-state index in [9.17, 15) is 18.0 Å². The molecule has 2 heterocycles. The number of aromatic amines is 1. The van der Waals surface area contributed by atoms with Gasteiger partial charge in [-0.2, -0.15) is 13.2 Å². The highest BCUT2D eigenvalue weighted by atomic mass is 19.4. The second-order valence-corrected chi connectivity index (χ2v) is 10.5. The quantitative estimate of drug-likeness (QED) is 0.265. The number of imidazole rings is 1. The molecule has 3 N–H and O–H groups in total. The summed E-state index contributed by atoms with van der Waals surface area (Å²) in [5, 5.41) is 11.2. The van der Waals surface area contributed by atoms with E-state index in [1.54, 1.807) is 51.4 Å². The highest BCUT2D eigenvalue weighted by molar-refractivity contribution is 5.81. The Morgan fingerprint density at radius 3 is 2.45 bits per heavy atom. The topological polar surface area (TPSA) is 109 Å². The van der Waals surface area contributed by atoms with Crippen molar-refractivity contribution in [2.45, 2.75) is 52.9 Å². The minimum absolute atomic E-state index is 0.00572. The number of para-hydroxylation sites is 1. The first-order valence-corrected chi connectivity index (χ1v) is 12.0. The number of aryl methyl sites for hydroxylation is 1. The second kappa shape index (κ2) is 9.70. The first-order valence-electron chi connectivity index (χ1n) is 12.0. The van der Waals surface area contributed by atoms with E-state index >= 15 is 0 Å². The molecular weight excluding hydrogens is 499 g/mol. The number of hydrogen-bond acceptors (Lipinski definition) is 6. The zero-order chi connectivity index (χ0) is 27.9. The van der Waals surface area contributed by atoms with Gasteiger partial charge in [0, 0.05) is 6.20 Å². The maximum Gasteiger partial charge on any atom is 0.416 e. The summed E-state index contributed by atoms with van der Waals surface area (Å²) in [6, 6.07) is 10.4. The number of carbonyl (C=O) groups is 1. The summed E-state index contributed by atoms with van der Waals surface area (Å²) in [4.78, 5) is 20.4. The average molecular weight is 530 g/mol. The van der Waals surface area contributed by atoms with Crippen molar-refractivity contribution in [1.29, 1.82) is 5.41 Å². The van der Waals surface area contributed by atoms with Gasteiger partial charge in [0.05, 0.1) is 34.1 Å². The van der Waals surface area contributed by atoms with Gasteiger partial charge < -0.3 is 19.5 Å². The number of ether oxygens (including phenoxy) is 1. The SMILES string of the molecule is Cc1cn(Cc2cccc3[nH]c(NC(C)(COC(=O)C(C)(C)C)c4cccc(C(F)(F)F)c4)nc23)c(=N)o1. The molecule has 1 unspecified atom stereocenters. The summed E-state index contributed by atoms with van der Waals surface area (Å²) in [7, 11) is 0. The van der Waals surface area contributed by atoms with E-state index < -0.39 is 28.7 Å². The molecule has 8 nitrogen and oxygen atoms in total. The Morgan fingerprint density at radius 2 is 1.82 bits per heavy atom. The number of fused-ring (bicyclic) bond motifs is 1. The normalized spacial score (nSPS) is 13.9. The number of aromatic nitrogens is 3. The molecule has 2 aromatic carbocycles. The summed E-state index contributed by atoms with van der Waals surface area (Å²) in [5.74, 6) is 0.412. The molecule has 0 saturated heterocycles. The first-order chi connectivity index (χ1) is 17.7. The van der Waals surface area contributed by atoms with E-state index in [0.717, 1.165) is 17.7 Å². The number of rotatable bonds is 7. The van der Waals surface area contributed by atoms with E-state index in [-0.39, 0.29) is 17.9 Å².